The third-order valence-corrected chi connectivity index (χ3v) is 10.2. The highest BCUT2D eigenvalue weighted by molar-refractivity contribution is 5.98. The number of nitrogens with zero attached hydrogens (tertiary/aromatic N) is 2. The third kappa shape index (κ3) is 10.6. The molecule has 6 unspecified atom stereocenters. The number of phenolic OH excluding ortho intramolecular Hbond substituents is 1. The van der Waals surface area contributed by atoms with E-state index in [0.717, 1.165) is 35.8 Å². The highest BCUT2D eigenvalue weighted by Crippen LogP contribution is 2.27. The van der Waals surface area contributed by atoms with Crippen LogP contribution in [0.1, 0.15) is 45.3 Å². The van der Waals surface area contributed by atoms with Gasteiger partial charge in [-0.1, -0.05) is 19.1 Å². The number of hydrogen-bond donors (Lipinski definition) is 14. The third-order valence-electron chi connectivity index (χ3n) is 10.2. The van der Waals surface area contributed by atoms with E-state index in [4.69, 9.17) is 5.73 Å². The van der Waals surface area contributed by atoms with E-state index in [1.54, 1.807) is 0 Å². The number of benzene rings is 1. The first-order valence-corrected chi connectivity index (χ1v) is 18.0. The molecule has 0 bridgehead atoms. The molecule has 0 saturated carbocycles. The molecule has 0 spiro atoms. The van der Waals surface area contributed by atoms with Gasteiger partial charge in [-0.2, -0.15) is 0 Å². The molecule has 3 aliphatic heterocycles. The Labute approximate surface area is 332 Å². The van der Waals surface area contributed by atoms with Crippen LogP contribution in [0.2, 0.25) is 0 Å². The van der Waals surface area contributed by atoms with Gasteiger partial charge in [0.15, 0.2) is 6.23 Å². The zero-order chi connectivity index (χ0) is 41.9. The minimum Gasteiger partial charge on any atom is -0.508 e. The van der Waals surface area contributed by atoms with Gasteiger partial charge in [0, 0.05) is 31.8 Å². The van der Waals surface area contributed by atoms with E-state index in [2.05, 4.69) is 16.0 Å². The minimum absolute atomic E-state index is 0. The second-order valence-corrected chi connectivity index (χ2v) is 14.6. The molecule has 57 heavy (non-hydrogen) atoms. The maximum absolute atomic E-state index is 14.0. The smallest absolute Gasteiger partial charge is 0.248 e. The number of aliphatic hydroxyl groups excluding tert-OH is 8. The average molecular weight is 834 g/mol. The molecule has 3 heterocycles. The van der Waals surface area contributed by atoms with Gasteiger partial charge >= 0.3 is 0 Å². The Balaban J connectivity index is 0.00000870. The quantitative estimate of drug-likeness (QED) is 0.131. The molecule has 0 aromatic heterocycles. The lowest BCUT2D eigenvalue weighted by atomic mass is 9.96. The van der Waals surface area contributed by atoms with E-state index in [1.165, 1.54) is 19.1 Å². The van der Waals surface area contributed by atoms with E-state index in [9.17, 15) is 74.7 Å². The number of nitrogens with two attached hydrogens (primary N) is 1. The first-order chi connectivity index (χ1) is 26.1. The molecule has 15 N–H and O–H groups in total. The van der Waals surface area contributed by atoms with Crippen LogP contribution in [0, 0.1) is 5.92 Å². The Morgan fingerprint density at radius 1 is 0.702 bits per heavy atom. The summed E-state index contributed by atoms with van der Waals surface area (Å²) in [5.41, 5.74) is 5.88. The number of nitrogens with one attached hydrogen (secondary N) is 4. The molecular weight excluding hydrogens is 782 g/mol. The van der Waals surface area contributed by atoms with E-state index in [1.807, 2.05) is 5.32 Å². The molecule has 1 aromatic carbocycles. The molecule has 0 aliphatic carbocycles. The van der Waals surface area contributed by atoms with Crippen molar-refractivity contribution in [3.05, 3.63) is 29.8 Å². The monoisotopic (exact) mass is 833 g/mol. The Hall–Kier alpha value is -4.23. The number of amides is 6. The summed E-state index contributed by atoms with van der Waals surface area (Å²) in [5, 5.41) is 105. The fraction of sp³-hybridized carbons (Fsp3) is 0.647. The number of fused-ring (bicyclic) bond motifs is 2. The van der Waals surface area contributed by atoms with Gasteiger partial charge in [-0.3, -0.25) is 28.8 Å². The Morgan fingerprint density at radius 2 is 1.23 bits per heavy atom. The van der Waals surface area contributed by atoms with Crippen LogP contribution in [-0.2, 0) is 28.8 Å². The van der Waals surface area contributed by atoms with E-state index in [0.29, 0.717) is 0 Å². The predicted octanol–water partition coefficient (Wildman–Crippen LogP) is -6.88. The van der Waals surface area contributed by atoms with E-state index < -0.39 is 146 Å². The second kappa shape index (κ2) is 19.5. The van der Waals surface area contributed by atoms with Crippen LogP contribution in [0.3, 0.4) is 0 Å². The van der Waals surface area contributed by atoms with Crippen LogP contribution in [0.4, 0.5) is 0 Å². The number of carbonyl (C=O) groups excluding carboxylic acids is 6. The minimum atomic E-state index is -2.24. The molecule has 6 amide bonds. The van der Waals surface area contributed by atoms with Crippen molar-refractivity contribution >= 4 is 47.9 Å². The van der Waals surface area contributed by atoms with Gasteiger partial charge in [0.05, 0.1) is 30.5 Å². The van der Waals surface area contributed by atoms with Crippen LogP contribution < -0.4 is 27.0 Å². The van der Waals surface area contributed by atoms with Crippen molar-refractivity contribution in [2.24, 2.45) is 11.7 Å². The molecular formula is C34H52ClN7O15. The number of halogens is 1. The summed E-state index contributed by atoms with van der Waals surface area (Å²) in [4.78, 5) is 83.9. The summed E-state index contributed by atoms with van der Waals surface area (Å²) >= 11 is 0. The summed E-state index contributed by atoms with van der Waals surface area (Å²) in [5.74, 6) is -8.12. The number of hydrogen-bond acceptors (Lipinski definition) is 16. The first kappa shape index (κ1) is 47.1. The van der Waals surface area contributed by atoms with Crippen LogP contribution in [0.5, 0.6) is 5.75 Å². The zero-order valence-corrected chi connectivity index (χ0v) is 32.0. The van der Waals surface area contributed by atoms with Crippen molar-refractivity contribution in [2.45, 2.75) is 119 Å². The van der Waals surface area contributed by atoms with Gasteiger partial charge in [0.2, 0.25) is 35.4 Å². The normalized spacial score (nSPS) is 34.6. The lowest BCUT2D eigenvalue weighted by Gasteiger charge is -2.34. The van der Waals surface area contributed by atoms with Gasteiger partial charge in [-0.05, 0) is 31.5 Å². The second-order valence-electron chi connectivity index (χ2n) is 14.6. The Morgan fingerprint density at radius 3 is 1.79 bits per heavy atom. The zero-order valence-electron chi connectivity index (χ0n) is 31.2. The summed E-state index contributed by atoms with van der Waals surface area (Å²) < 4.78 is 0. The van der Waals surface area contributed by atoms with Crippen LogP contribution in [0.25, 0.3) is 0 Å². The molecule has 3 saturated heterocycles. The molecule has 320 valence electrons. The molecule has 1 aromatic rings. The highest BCUT2D eigenvalue weighted by atomic mass is 35.5. The fourth-order valence-corrected chi connectivity index (χ4v) is 6.92. The maximum Gasteiger partial charge on any atom is 0.248 e. The largest absolute Gasteiger partial charge is 0.508 e. The van der Waals surface area contributed by atoms with Gasteiger partial charge in [-0.15, -0.1) is 12.4 Å². The van der Waals surface area contributed by atoms with Crippen LogP contribution >= 0.6 is 12.4 Å². The van der Waals surface area contributed by atoms with Gasteiger partial charge in [0.1, 0.15) is 54.3 Å². The first-order valence-electron chi connectivity index (χ1n) is 18.0. The Kier molecular flexibility index (Phi) is 16.1. The lowest BCUT2D eigenvalue weighted by Crippen LogP contribution is -2.64. The summed E-state index contributed by atoms with van der Waals surface area (Å²) in [6, 6.07) is -6.28. The average Bonchev–Trinajstić information content (AvgIpc) is 3.68. The van der Waals surface area contributed by atoms with Crippen molar-refractivity contribution in [1.82, 2.24) is 31.1 Å². The van der Waals surface area contributed by atoms with Crippen molar-refractivity contribution in [3.8, 4) is 5.75 Å². The summed E-state index contributed by atoms with van der Waals surface area (Å²) in [7, 11) is 0. The molecule has 22 nitrogen and oxygen atoms in total. The number of rotatable bonds is 5. The molecule has 23 heteroatoms. The summed E-state index contributed by atoms with van der Waals surface area (Å²) in [6.45, 7) is 2.85. The van der Waals surface area contributed by atoms with Gasteiger partial charge in [0.25, 0.3) is 0 Å². The number of phenols is 1. The number of aliphatic hydroxyl groups is 8. The van der Waals surface area contributed by atoms with Crippen molar-refractivity contribution in [2.75, 3.05) is 13.1 Å². The summed E-state index contributed by atoms with van der Waals surface area (Å²) in [6.07, 6.45) is -15.8. The molecule has 0 radical (unpaired) electrons. The van der Waals surface area contributed by atoms with Crippen LogP contribution in [-0.4, -0.2) is 183 Å². The SMILES string of the molecule is CC(O)C1NC(=O)[C@@H](N)C[C@@H](O)[C@@H](O)NC(=O)[C@@H]2[C@@H](O)[C@@H](C)CN2C(=O)[C@H](C(C)O)NC(=O)C(C(O)C(O)c2ccc(O)cc2)NC(=O)[C@@H]2C[C@@H](O)CN2C1=O.Cl. The molecule has 4 rings (SSSR count). The van der Waals surface area contributed by atoms with E-state index in [-0.39, 0.29) is 30.3 Å². The molecule has 3 aliphatic rings. The predicted molar refractivity (Wildman–Crippen MR) is 195 cm³/mol. The van der Waals surface area contributed by atoms with E-state index >= 15 is 0 Å². The van der Waals surface area contributed by atoms with Crippen LogP contribution in [0.15, 0.2) is 24.3 Å². The molecule has 3 fully saturated rings. The van der Waals surface area contributed by atoms with Crippen molar-refractivity contribution in [1.29, 1.82) is 0 Å². The Bertz CT molecular complexity index is 1620. The number of carbonyl (C=O) groups is 6. The van der Waals surface area contributed by atoms with Gasteiger partial charge in [-0.25, -0.2) is 0 Å². The molecule has 15 atom stereocenters. The highest BCUT2D eigenvalue weighted by Gasteiger charge is 2.50. The standard InChI is InChI=1S/C34H51N7O15.ClH/c1-12-10-41-24(25(12)47)32(54)39-30(52)20(46)9-18(35)28(50)36-21(13(2)42)33(55)40-11-17(45)8-19(40)29(51)38-23(31(53)37-22(14(3)43)34(41)56)27(49)26(48)15-4-6-16(44)7-5-15;/h4-7,12-14,17-27,30,42-49,52H,8-11,35H2,1-3H3,(H,36,50)(H,37,53)(H,38,51)(H,39,54);1H/t12-,13?,14?,17+,18-,19-,20+,21?,22-,23?,24-,25-,26?,27?,30+;/m0./s1. The topological polar surface area (TPSA) is 365 Å². The lowest BCUT2D eigenvalue weighted by molar-refractivity contribution is -0.148. The van der Waals surface area contributed by atoms with Gasteiger partial charge < -0.3 is 82.8 Å². The fourth-order valence-electron chi connectivity index (χ4n) is 6.92. The number of aromatic hydroxyl groups is 1. The van der Waals surface area contributed by atoms with Crippen molar-refractivity contribution < 1.29 is 74.7 Å². The maximum atomic E-state index is 14.0. The van der Waals surface area contributed by atoms with Crippen molar-refractivity contribution in [3.63, 3.8) is 0 Å².